The predicted molar refractivity (Wildman–Crippen MR) is 76.7 cm³/mol. The first kappa shape index (κ1) is 15.0. The molecule has 0 unspecified atom stereocenters. The highest BCUT2D eigenvalue weighted by molar-refractivity contribution is 7.14. The van der Waals surface area contributed by atoms with E-state index >= 15 is 0 Å². The van der Waals surface area contributed by atoms with Crippen LogP contribution in [-0.4, -0.2) is 23.3 Å². The van der Waals surface area contributed by atoms with E-state index in [-0.39, 0.29) is 0 Å². The molecule has 6 heteroatoms. The molecule has 2 aromatic rings. The summed E-state index contributed by atoms with van der Waals surface area (Å²) >= 11 is 1.38. The Kier molecular flexibility index (Phi) is 5.55. The number of benzene rings is 1. The lowest BCUT2D eigenvalue weighted by molar-refractivity contribution is 0.584. The van der Waals surface area contributed by atoms with Crippen molar-refractivity contribution in [2.24, 2.45) is 0 Å². The molecule has 0 aliphatic rings. The first-order chi connectivity index (χ1) is 9.69. The van der Waals surface area contributed by atoms with Gasteiger partial charge in [0.2, 0.25) is 0 Å². The third-order valence-electron chi connectivity index (χ3n) is 2.75. The summed E-state index contributed by atoms with van der Waals surface area (Å²) in [5, 5.41) is 12.8. The number of hydrogen-bond acceptors (Lipinski definition) is 4. The number of nitrogens with zero attached hydrogens (tertiary/aromatic N) is 2. The van der Waals surface area contributed by atoms with E-state index in [0.717, 1.165) is 43.4 Å². The molecule has 108 valence electrons. The Bertz CT molecular complexity index is 537. The van der Waals surface area contributed by atoms with E-state index in [1.165, 1.54) is 23.5 Å². The van der Waals surface area contributed by atoms with Gasteiger partial charge in [0, 0.05) is 18.1 Å². The van der Waals surface area contributed by atoms with Gasteiger partial charge in [0.15, 0.2) is 0 Å². The number of halogens is 2. The van der Waals surface area contributed by atoms with Crippen molar-refractivity contribution < 1.29 is 8.78 Å². The fraction of sp³-hybridized carbons (Fsp3) is 0.429. The monoisotopic (exact) mass is 297 g/mol. The minimum Gasteiger partial charge on any atom is -0.317 e. The average Bonchev–Trinajstić information content (AvgIpc) is 2.86. The maximum atomic E-state index is 13.1. The molecule has 1 aromatic heterocycles. The van der Waals surface area contributed by atoms with Gasteiger partial charge in [-0.15, -0.1) is 10.2 Å². The summed E-state index contributed by atoms with van der Waals surface area (Å²) in [5.41, 5.74) is 0.440. The van der Waals surface area contributed by atoms with Crippen LogP contribution in [0.15, 0.2) is 18.2 Å². The molecule has 0 atom stereocenters. The van der Waals surface area contributed by atoms with Gasteiger partial charge in [0.05, 0.1) is 0 Å². The minimum atomic E-state index is -0.597. The summed E-state index contributed by atoms with van der Waals surface area (Å²) < 4.78 is 26.3. The lowest BCUT2D eigenvalue weighted by Crippen LogP contribution is -2.16. The van der Waals surface area contributed by atoms with Gasteiger partial charge in [-0.1, -0.05) is 18.3 Å². The highest BCUT2D eigenvalue weighted by Gasteiger charge is 2.09. The van der Waals surface area contributed by atoms with Crippen LogP contribution in [0.2, 0.25) is 0 Å². The van der Waals surface area contributed by atoms with Crippen molar-refractivity contribution in [1.29, 1.82) is 0 Å². The molecule has 1 N–H and O–H groups in total. The van der Waals surface area contributed by atoms with E-state index in [2.05, 4.69) is 22.4 Å². The molecular formula is C14H17F2N3S. The molecule has 1 aromatic carbocycles. The van der Waals surface area contributed by atoms with E-state index in [1.54, 1.807) is 0 Å². The van der Waals surface area contributed by atoms with Crippen molar-refractivity contribution in [2.75, 3.05) is 13.1 Å². The van der Waals surface area contributed by atoms with E-state index in [0.29, 0.717) is 10.6 Å². The van der Waals surface area contributed by atoms with Gasteiger partial charge < -0.3 is 5.32 Å². The fourth-order valence-corrected chi connectivity index (χ4v) is 2.68. The van der Waals surface area contributed by atoms with Crippen molar-refractivity contribution in [3.8, 4) is 10.6 Å². The molecule has 2 rings (SSSR count). The lowest BCUT2D eigenvalue weighted by atomic mass is 10.2. The van der Waals surface area contributed by atoms with Gasteiger partial charge in [-0.3, -0.25) is 0 Å². The second-order valence-corrected chi connectivity index (χ2v) is 5.57. The summed E-state index contributed by atoms with van der Waals surface area (Å²) in [6.45, 7) is 4.09. The van der Waals surface area contributed by atoms with Crippen LogP contribution in [0.3, 0.4) is 0 Å². The maximum absolute atomic E-state index is 13.1. The third kappa shape index (κ3) is 4.31. The van der Waals surface area contributed by atoms with Crippen LogP contribution in [0.1, 0.15) is 24.8 Å². The highest BCUT2D eigenvalue weighted by Crippen LogP contribution is 2.25. The molecule has 3 nitrogen and oxygen atoms in total. The van der Waals surface area contributed by atoms with Gasteiger partial charge in [-0.05, 0) is 38.1 Å². The van der Waals surface area contributed by atoms with Crippen LogP contribution in [0.5, 0.6) is 0 Å². The smallest absolute Gasteiger partial charge is 0.148 e. The standard InChI is InChI=1S/C14H17F2N3S/c1-2-5-17-6-3-4-13-18-19-14(20-13)10-7-11(15)9-12(16)8-10/h7-9,17H,2-6H2,1H3. The van der Waals surface area contributed by atoms with Crippen molar-refractivity contribution in [3.05, 3.63) is 34.8 Å². The van der Waals surface area contributed by atoms with Gasteiger partial charge in [-0.25, -0.2) is 8.78 Å². The average molecular weight is 297 g/mol. The normalized spacial score (nSPS) is 10.9. The number of nitrogens with one attached hydrogen (secondary N) is 1. The molecule has 0 saturated heterocycles. The molecule has 20 heavy (non-hydrogen) atoms. The molecule has 0 radical (unpaired) electrons. The van der Waals surface area contributed by atoms with E-state index < -0.39 is 11.6 Å². The molecular weight excluding hydrogens is 280 g/mol. The Morgan fingerprint density at radius 1 is 1.10 bits per heavy atom. The number of aryl methyl sites for hydroxylation is 1. The van der Waals surface area contributed by atoms with Gasteiger partial charge in [0.1, 0.15) is 21.6 Å². The molecule has 0 saturated carbocycles. The summed E-state index contributed by atoms with van der Waals surface area (Å²) in [6.07, 6.45) is 2.92. The van der Waals surface area contributed by atoms with Crippen molar-refractivity contribution in [3.63, 3.8) is 0 Å². The van der Waals surface area contributed by atoms with Crippen LogP contribution in [0.4, 0.5) is 8.78 Å². The quantitative estimate of drug-likeness (QED) is 0.796. The maximum Gasteiger partial charge on any atom is 0.148 e. The molecule has 1 heterocycles. The second kappa shape index (κ2) is 7.40. The Morgan fingerprint density at radius 2 is 1.85 bits per heavy atom. The molecule has 0 aliphatic carbocycles. The molecule has 0 amide bonds. The van der Waals surface area contributed by atoms with Gasteiger partial charge >= 0.3 is 0 Å². The Labute approximate surface area is 121 Å². The van der Waals surface area contributed by atoms with Crippen LogP contribution < -0.4 is 5.32 Å². The van der Waals surface area contributed by atoms with Gasteiger partial charge in [-0.2, -0.15) is 0 Å². The molecule has 0 spiro atoms. The first-order valence-electron chi connectivity index (χ1n) is 6.68. The van der Waals surface area contributed by atoms with Crippen molar-refractivity contribution in [1.82, 2.24) is 15.5 Å². The van der Waals surface area contributed by atoms with Crippen molar-refractivity contribution >= 4 is 11.3 Å². The summed E-state index contributed by atoms with van der Waals surface area (Å²) in [7, 11) is 0. The Morgan fingerprint density at radius 3 is 2.55 bits per heavy atom. The highest BCUT2D eigenvalue weighted by atomic mass is 32.1. The number of rotatable bonds is 7. The third-order valence-corrected chi connectivity index (χ3v) is 3.78. The predicted octanol–water partition coefficient (Wildman–Crippen LogP) is 3.42. The zero-order valence-electron chi connectivity index (χ0n) is 11.3. The molecule has 0 bridgehead atoms. The largest absolute Gasteiger partial charge is 0.317 e. The van der Waals surface area contributed by atoms with E-state index in [1.807, 2.05) is 0 Å². The zero-order chi connectivity index (χ0) is 14.4. The SMILES string of the molecule is CCCNCCCc1nnc(-c2cc(F)cc(F)c2)s1. The van der Waals surface area contributed by atoms with Crippen LogP contribution >= 0.6 is 11.3 Å². The summed E-state index contributed by atoms with van der Waals surface area (Å²) in [6, 6.07) is 3.40. The topological polar surface area (TPSA) is 37.8 Å². The summed E-state index contributed by atoms with van der Waals surface area (Å²) in [5.74, 6) is -1.19. The number of hydrogen-bond donors (Lipinski definition) is 1. The molecule has 0 aliphatic heterocycles. The summed E-state index contributed by atoms with van der Waals surface area (Å²) in [4.78, 5) is 0. The number of aromatic nitrogens is 2. The molecule has 0 fully saturated rings. The first-order valence-corrected chi connectivity index (χ1v) is 7.50. The second-order valence-electron chi connectivity index (χ2n) is 4.51. The minimum absolute atomic E-state index is 0.440. The van der Waals surface area contributed by atoms with Gasteiger partial charge in [0.25, 0.3) is 0 Å². The lowest BCUT2D eigenvalue weighted by Gasteiger charge is -2.00. The van der Waals surface area contributed by atoms with Crippen molar-refractivity contribution in [2.45, 2.75) is 26.2 Å². The van der Waals surface area contributed by atoms with Crippen LogP contribution in [-0.2, 0) is 6.42 Å². The zero-order valence-corrected chi connectivity index (χ0v) is 12.1. The Balaban J connectivity index is 1.94. The van der Waals surface area contributed by atoms with E-state index in [4.69, 9.17) is 0 Å². The fourth-order valence-electron chi connectivity index (χ4n) is 1.81. The van der Waals surface area contributed by atoms with Crippen LogP contribution in [0.25, 0.3) is 10.6 Å². The van der Waals surface area contributed by atoms with Crippen LogP contribution in [0, 0.1) is 11.6 Å². The Hall–Kier alpha value is -1.40. The van der Waals surface area contributed by atoms with E-state index in [9.17, 15) is 8.78 Å².